The number of amides is 1. The second kappa shape index (κ2) is 9.74. The summed E-state index contributed by atoms with van der Waals surface area (Å²) < 4.78 is 26.2. The lowest BCUT2D eigenvalue weighted by atomic mass is 10.0. The zero-order chi connectivity index (χ0) is 26.3. The number of anilines is 1. The summed E-state index contributed by atoms with van der Waals surface area (Å²) in [5, 5.41) is 8.37. The molecule has 8 heteroatoms. The molecule has 0 aliphatic carbocycles. The average Bonchev–Trinajstić information content (AvgIpc) is 3.42. The van der Waals surface area contributed by atoms with Crippen molar-refractivity contribution in [3.05, 3.63) is 77.0 Å². The van der Waals surface area contributed by atoms with Crippen molar-refractivity contribution in [1.82, 2.24) is 14.8 Å². The fraction of sp³-hybridized carbons (Fsp3) is 0.345. The first-order valence-corrected chi connectivity index (χ1v) is 14.6. The van der Waals surface area contributed by atoms with Gasteiger partial charge in [0, 0.05) is 11.3 Å². The zero-order valence-corrected chi connectivity index (χ0v) is 22.5. The fourth-order valence-corrected chi connectivity index (χ4v) is 6.62. The summed E-state index contributed by atoms with van der Waals surface area (Å²) in [4.78, 5) is 18.6. The van der Waals surface area contributed by atoms with Gasteiger partial charge in [0.2, 0.25) is 0 Å². The third-order valence-corrected chi connectivity index (χ3v) is 8.88. The van der Waals surface area contributed by atoms with Crippen LogP contribution in [0.5, 0.6) is 0 Å². The smallest absolute Gasteiger partial charge is 0.256 e. The Labute approximate surface area is 217 Å². The van der Waals surface area contributed by atoms with E-state index in [1.54, 1.807) is 4.68 Å². The van der Waals surface area contributed by atoms with Crippen LogP contribution in [0.2, 0.25) is 0 Å². The van der Waals surface area contributed by atoms with Crippen LogP contribution in [0, 0.1) is 6.92 Å². The molecule has 1 amide bonds. The summed E-state index contributed by atoms with van der Waals surface area (Å²) in [6.07, 6.45) is 1.41. The molecule has 4 aromatic rings. The number of sulfone groups is 1. The highest BCUT2D eigenvalue weighted by atomic mass is 32.2. The Kier molecular flexibility index (Phi) is 6.62. The highest BCUT2D eigenvalue weighted by Gasteiger charge is 2.32. The van der Waals surface area contributed by atoms with Crippen LogP contribution in [-0.2, 0) is 16.3 Å². The van der Waals surface area contributed by atoms with Gasteiger partial charge in [0.25, 0.3) is 5.91 Å². The van der Waals surface area contributed by atoms with Crippen LogP contribution in [0.1, 0.15) is 66.3 Å². The lowest BCUT2D eigenvalue weighted by molar-refractivity contribution is 0.102. The molecule has 1 atom stereocenters. The normalized spacial score (nSPS) is 16.9. The van der Waals surface area contributed by atoms with Crippen molar-refractivity contribution in [1.29, 1.82) is 0 Å². The molecule has 7 nitrogen and oxygen atoms in total. The predicted molar refractivity (Wildman–Crippen MR) is 148 cm³/mol. The van der Waals surface area contributed by atoms with Gasteiger partial charge >= 0.3 is 0 Å². The lowest BCUT2D eigenvalue weighted by Gasteiger charge is -2.13. The van der Waals surface area contributed by atoms with Gasteiger partial charge in [0.15, 0.2) is 15.5 Å². The quantitative estimate of drug-likeness (QED) is 0.355. The van der Waals surface area contributed by atoms with Crippen molar-refractivity contribution in [2.45, 2.75) is 52.5 Å². The van der Waals surface area contributed by atoms with E-state index >= 15 is 0 Å². The van der Waals surface area contributed by atoms with Crippen molar-refractivity contribution in [2.24, 2.45) is 0 Å². The van der Waals surface area contributed by atoms with Crippen LogP contribution >= 0.6 is 0 Å². The Bertz CT molecular complexity index is 1570. The number of carbonyl (C=O) groups excluding carboxylic acids is 1. The molecule has 0 spiro atoms. The maximum absolute atomic E-state index is 13.6. The van der Waals surface area contributed by atoms with E-state index in [1.165, 1.54) is 11.1 Å². The second-order valence-electron chi connectivity index (χ2n) is 10.1. The minimum Gasteiger partial charge on any atom is -0.322 e. The first-order chi connectivity index (χ1) is 17.6. The zero-order valence-electron chi connectivity index (χ0n) is 21.7. The van der Waals surface area contributed by atoms with Gasteiger partial charge in [0.1, 0.15) is 0 Å². The number of nitrogens with zero attached hydrogens (tertiary/aromatic N) is 3. The number of nitrogens with one attached hydrogen (secondary N) is 1. The Morgan fingerprint density at radius 1 is 1.11 bits per heavy atom. The molecule has 37 heavy (non-hydrogen) atoms. The molecule has 1 N–H and O–H groups in total. The largest absolute Gasteiger partial charge is 0.322 e. The molecule has 0 radical (unpaired) electrons. The highest BCUT2D eigenvalue weighted by molar-refractivity contribution is 7.91. The van der Waals surface area contributed by atoms with Crippen LogP contribution in [0.3, 0.4) is 0 Å². The Hall–Kier alpha value is -3.52. The lowest BCUT2D eigenvalue weighted by Crippen LogP contribution is -2.15. The molecule has 192 valence electrons. The van der Waals surface area contributed by atoms with Crippen molar-refractivity contribution < 1.29 is 13.2 Å². The summed E-state index contributed by atoms with van der Waals surface area (Å²) in [5.74, 6) is 0.317. The fourth-order valence-electron chi connectivity index (χ4n) is 4.92. The molecule has 1 unspecified atom stereocenters. The Morgan fingerprint density at radius 2 is 1.81 bits per heavy atom. The minimum absolute atomic E-state index is 0.0318. The third-order valence-electron chi connectivity index (χ3n) is 7.13. The van der Waals surface area contributed by atoms with Crippen molar-refractivity contribution >= 4 is 32.5 Å². The average molecular weight is 517 g/mol. The standard InChI is InChI=1S/C29H32N4O3S/c1-5-20-6-8-22(9-7-20)26-16-25(29(34)30-23-12-10-21(11-13-23)18(2)3)27-19(4)32-33(28(27)31-26)24-14-15-37(35,36)17-24/h6-13,16,18,24H,5,14-15,17H2,1-4H3,(H,30,34). The second-order valence-corrected chi connectivity index (χ2v) is 12.4. The van der Waals surface area contributed by atoms with Gasteiger partial charge in [-0.25, -0.2) is 18.1 Å². The van der Waals surface area contributed by atoms with Crippen molar-refractivity contribution in [3.8, 4) is 11.3 Å². The number of carbonyl (C=O) groups is 1. The van der Waals surface area contributed by atoms with Gasteiger partial charge in [-0.1, -0.05) is 57.2 Å². The molecule has 1 aliphatic rings. The molecule has 2 aromatic carbocycles. The summed E-state index contributed by atoms with van der Waals surface area (Å²) in [6.45, 7) is 8.21. The molecule has 0 bridgehead atoms. The molecular formula is C29H32N4O3S. The number of hydrogen-bond donors (Lipinski definition) is 1. The van der Waals surface area contributed by atoms with Gasteiger partial charge in [-0.2, -0.15) is 5.10 Å². The summed E-state index contributed by atoms with van der Waals surface area (Å²) in [5.41, 5.74) is 6.32. The first kappa shape index (κ1) is 25.1. The van der Waals surface area contributed by atoms with Crippen LogP contribution in [0.25, 0.3) is 22.3 Å². The number of aryl methyl sites for hydroxylation is 2. The van der Waals surface area contributed by atoms with Crippen LogP contribution in [0.15, 0.2) is 54.6 Å². The molecule has 1 aliphatic heterocycles. The van der Waals surface area contributed by atoms with Crippen molar-refractivity contribution in [2.75, 3.05) is 16.8 Å². The van der Waals surface area contributed by atoms with E-state index in [1.807, 2.05) is 49.4 Å². The summed E-state index contributed by atoms with van der Waals surface area (Å²) in [6, 6.07) is 17.5. The molecular weight excluding hydrogens is 484 g/mol. The monoisotopic (exact) mass is 516 g/mol. The number of pyridine rings is 1. The van der Waals surface area contributed by atoms with Gasteiger partial charge in [-0.15, -0.1) is 0 Å². The summed E-state index contributed by atoms with van der Waals surface area (Å²) >= 11 is 0. The number of benzene rings is 2. The predicted octanol–water partition coefficient (Wildman–Crippen LogP) is 5.70. The Morgan fingerprint density at radius 3 is 2.41 bits per heavy atom. The van der Waals surface area contributed by atoms with Crippen LogP contribution in [0.4, 0.5) is 5.69 Å². The maximum Gasteiger partial charge on any atom is 0.256 e. The van der Waals surface area contributed by atoms with E-state index in [2.05, 4.69) is 38.2 Å². The van der Waals surface area contributed by atoms with E-state index in [9.17, 15) is 13.2 Å². The number of rotatable bonds is 6. The van der Waals surface area contributed by atoms with E-state index in [0.717, 1.165) is 12.0 Å². The highest BCUT2D eigenvalue weighted by Crippen LogP contribution is 2.32. The number of aromatic nitrogens is 3. The number of hydrogen-bond acceptors (Lipinski definition) is 5. The van der Waals surface area contributed by atoms with E-state index in [4.69, 9.17) is 10.1 Å². The molecule has 3 heterocycles. The molecule has 5 rings (SSSR count). The Balaban J connectivity index is 1.62. The van der Waals surface area contributed by atoms with Gasteiger partial charge in [-0.3, -0.25) is 4.79 Å². The van der Waals surface area contributed by atoms with Crippen LogP contribution < -0.4 is 5.32 Å². The van der Waals surface area contributed by atoms with Crippen molar-refractivity contribution in [3.63, 3.8) is 0 Å². The van der Waals surface area contributed by atoms with E-state index in [-0.39, 0.29) is 23.5 Å². The van der Waals surface area contributed by atoms with Gasteiger partial charge in [-0.05, 0) is 55.0 Å². The molecule has 0 saturated carbocycles. The van der Waals surface area contributed by atoms with Gasteiger partial charge in [0.05, 0.1) is 39.9 Å². The molecule has 1 fully saturated rings. The van der Waals surface area contributed by atoms with E-state index in [0.29, 0.717) is 46.0 Å². The van der Waals surface area contributed by atoms with Crippen LogP contribution in [-0.4, -0.2) is 40.6 Å². The first-order valence-electron chi connectivity index (χ1n) is 12.8. The molecule has 1 saturated heterocycles. The molecule has 2 aromatic heterocycles. The number of fused-ring (bicyclic) bond motifs is 1. The van der Waals surface area contributed by atoms with E-state index < -0.39 is 9.84 Å². The maximum atomic E-state index is 13.6. The minimum atomic E-state index is -3.12. The van der Waals surface area contributed by atoms with Gasteiger partial charge < -0.3 is 5.32 Å². The topological polar surface area (TPSA) is 94.0 Å². The third kappa shape index (κ3) is 5.03. The summed E-state index contributed by atoms with van der Waals surface area (Å²) in [7, 11) is -3.12. The SMILES string of the molecule is CCc1ccc(-c2cc(C(=O)Nc3ccc(C(C)C)cc3)c3c(C)nn(C4CCS(=O)(=O)C4)c3n2)cc1.